The van der Waals surface area contributed by atoms with Crippen molar-refractivity contribution in [2.45, 2.75) is 44.9 Å². The lowest BCUT2D eigenvalue weighted by Gasteiger charge is -2.16. The number of benzene rings is 1. The number of unbranched alkanes of at least 4 members (excludes halogenated alkanes) is 3. The molecule has 106 valence electrons. The molecule has 0 saturated carbocycles. The summed E-state index contributed by atoms with van der Waals surface area (Å²) in [6.45, 7) is 2.16. The van der Waals surface area contributed by atoms with E-state index >= 15 is 0 Å². The molecule has 1 atom stereocenters. The van der Waals surface area contributed by atoms with Crippen molar-refractivity contribution in [2.75, 3.05) is 7.11 Å². The number of hydrogen-bond acceptors (Lipinski definition) is 2. The zero-order chi connectivity index (χ0) is 14.3. The van der Waals surface area contributed by atoms with E-state index in [0.29, 0.717) is 10.0 Å². The second kappa shape index (κ2) is 8.44. The van der Waals surface area contributed by atoms with Gasteiger partial charge < -0.3 is 4.74 Å². The number of methoxy groups -OCH3 is 1. The Balaban J connectivity index is 2.81. The summed E-state index contributed by atoms with van der Waals surface area (Å²) in [7, 11) is 1.41. The minimum Gasteiger partial charge on any atom is -0.469 e. The first kappa shape index (κ1) is 16.3. The average Bonchev–Trinajstić information content (AvgIpc) is 2.39. The van der Waals surface area contributed by atoms with Gasteiger partial charge >= 0.3 is 5.97 Å². The number of carbonyl (C=O) groups excluding carboxylic acids is 1. The van der Waals surface area contributed by atoms with Crippen LogP contribution in [0.5, 0.6) is 0 Å². The van der Waals surface area contributed by atoms with E-state index in [4.69, 9.17) is 27.9 Å². The van der Waals surface area contributed by atoms with Crippen LogP contribution in [-0.4, -0.2) is 13.1 Å². The summed E-state index contributed by atoms with van der Waals surface area (Å²) in [6.07, 6.45) is 5.22. The van der Waals surface area contributed by atoms with E-state index in [2.05, 4.69) is 6.92 Å². The van der Waals surface area contributed by atoms with E-state index in [1.54, 1.807) is 12.1 Å². The van der Waals surface area contributed by atoms with E-state index in [0.717, 1.165) is 24.8 Å². The summed E-state index contributed by atoms with van der Waals surface area (Å²) >= 11 is 12.1. The molecule has 0 amide bonds. The molecule has 19 heavy (non-hydrogen) atoms. The summed E-state index contributed by atoms with van der Waals surface area (Å²) in [5, 5.41) is 1.10. The van der Waals surface area contributed by atoms with Gasteiger partial charge in [0.05, 0.1) is 13.0 Å². The summed E-state index contributed by atoms with van der Waals surface area (Å²) in [5.41, 5.74) is 0.800. The summed E-state index contributed by atoms with van der Waals surface area (Å²) in [5.74, 6) is -0.535. The molecule has 0 heterocycles. The van der Waals surface area contributed by atoms with Gasteiger partial charge in [0, 0.05) is 10.0 Å². The minimum absolute atomic E-state index is 0.235. The van der Waals surface area contributed by atoms with Gasteiger partial charge in [-0.3, -0.25) is 4.79 Å². The quantitative estimate of drug-likeness (QED) is 0.510. The molecular formula is C15H20Cl2O2. The highest BCUT2D eigenvalue weighted by Crippen LogP contribution is 2.31. The Labute approximate surface area is 125 Å². The van der Waals surface area contributed by atoms with Gasteiger partial charge in [0.25, 0.3) is 0 Å². The predicted octanol–water partition coefficient (Wildman–Crippen LogP) is 5.22. The summed E-state index contributed by atoms with van der Waals surface area (Å²) in [4.78, 5) is 11.9. The Morgan fingerprint density at radius 3 is 2.58 bits per heavy atom. The first-order chi connectivity index (χ1) is 9.10. The van der Waals surface area contributed by atoms with E-state index in [1.165, 1.54) is 20.0 Å². The van der Waals surface area contributed by atoms with Crippen molar-refractivity contribution in [1.82, 2.24) is 0 Å². The highest BCUT2D eigenvalue weighted by molar-refractivity contribution is 6.35. The highest BCUT2D eigenvalue weighted by Gasteiger charge is 2.23. The number of carbonyl (C=O) groups is 1. The van der Waals surface area contributed by atoms with Gasteiger partial charge in [-0.25, -0.2) is 0 Å². The molecule has 4 heteroatoms. The first-order valence-electron chi connectivity index (χ1n) is 6.63. The molecule has 0 radical (unpaired) electrons. The lowest BCUT2D eigenvalue weighted by molar-refractivity contribution is -0.142. The topological polar surface area (TPSA) is 26.3 Å². The van der Waals surface area contributed by atoms with Gasteiger partial charge in [0.1, 0.15) is 0 Å². The fourth-order valence-corrected chi connectivity index (χ4v) is 2.64. The summed E-state index contributed by atoms with van der Waals surface area (Å²) < 4.78 is 4.88. The molecule has 1 rings (SSSR count). The third-order valence-corrected chi connectivity index (χ3v) is 3.73. The maximum atomic E-state index is 11.9. The maximum absolute atomic E-state index is 11.9. The van der Waals surface area contributed by atoms with Gasteiger partial charge in [-0.1, -0.05) is 61.9 Å². The second-order valence-corrected chi connectivity index (χ2v) is 5.43. The first-order valence-corrected chi connectivity index (χ1v) is 7.38. The van der Waals surface area contributed by atoms with E-state index in [-0.39, 0.29) is 11.9 Å². The Kier molecular flexibility index (Phi) is 7.25. The van der Waals surface area contributed by atoms with Crippen LogP contribution in [0.1, 0.15) is 50.5 Å². The molecule has 0 saturated heterocycles. The molecule has 0 aliphatic heterocycles. The van der Waals surface area contributed by atoms with Crippen LogP contribution in [0.15, 0.2) is 18.2 Å². The standard InChI is InChI=1S/C15H20Cl2O2/c1-3-4-5-6-7-13(15(18)19-2)12-9-8-11(16)10-14(12)17/h8-10,13H,3-7H2,1-2H3. The van der Waals surface area contributed by atoms with Crippen molar-refractivity contribution in [3.8, 4) is 0 Å². The van der Waals surface area contributed by atoms with E-state index < -0.39 is 0 Å². The number of esters is 1. The van der Waals surface area contributed by atoms with Crippen molar-refractivity contribution in [2.24, 2.45) is 0 Å². The molecule has 1 aromatic rings. The van der Waals surface area contributed by atoms with Crippen molar-refractivity contribution in [3.63, 3.8) is 0 Å². The molecule has 0 bridgehead atoms. The van der Waals surface area contributed by atoms with Crippen LogP contribution in [0.25, 0.3) is 0 Å². The van der Waals surface area contributed by atoms with Gasteiger partial charge in [-0.2, -0.15) is 0 Å². The van der Waals surface area contributed by atoms with Crippen LogP contribution in [0, 0.1) is 0 Å². The Bertz CT molecular complexity index is 419. The fourth-order valence-electron chi connectivity index (χ4n) is 2.10. The highest BCUT2D eigenvalue weighted by atomic mass is 35.5. The zero-order valence-corrected chi connectivity index (χ0v) is 12.9. The van der Waals surface area contributed by atoms with Crippen LogP contribution >= 0.6 is 23.2 Å². The van der Waals surface area contributed by atoms with E-state index in [9.17, 15) is 4.79 Å². The van der Waals surface area contributed by atoms with Gasteiger partial charge in [0.2, 0.25) is 0 Å². The largest absolute Gasteiger partial charge is 0.469 e. The molecule has 1 unspecified atom stereocenters. The Morgan fingerprint density at radius 1 is 1.26 bits per heavy atom. The molecule has 0 spiro atoms. The van der Waals surface area contributed by atoms with Crippen molar-refractivity contribution in [1.29, 1.82) is 0 Å². The van der Waals surface area contributed by atoms with Gasteiger partial charge in [0.15, 0.2) is 0 Å². The van der Waals surface area contributed by atoms with E-state index in [1.807, 2.05) is 6.07 Å². The molecular weight excluding hydrogens is 283 g/mol. The normalized spacial score (nSPS) is 12.2. The minimum atomic E-state index is -0.299. The van der Waals surface area contributed by atoms with Crippen molar-refractivity contribution in [3.05, 3.63) is 33.8 Å². The smallest absolute Gasteiger partial charge is 0.313 e. The third kappa shape index (κ3) is 5.04. The van der Waals surface area contributed by atoms with Crippen LogP contribution in [0.3, 0.4) is 0 Å². The van der Waals surface area contributed by atoms with Crippen LogP contribution in [-0.2, 0) is 9.53 Å². The maximum Gasteiger partial charge on any atom is 0.313 e. The Hall–Kier alpha value is -0.730. The third-order valence-electron chi connectivity index (χ3n) is 3.17. The van der Waals surface area contributed by atoms with Gasteiger partial charge in [-0.05, 0) is 24.1 Å². The van der Waals surface area contributed by atoms with Crippen LogP contribution in [0.4, 0.5) is 0 Å². The predicted molar refractivity (Wildman–Crippen MR) is 80.0 cm³/mol. The lowest BCUT2D eigenvalue weighted by atomic mass is 9.93. The Morgan fingerprint density at radius 2 is 2.00 bits per heavy atom. The molecule has 0 aliphatic rings. The lowest BCUT2D eigenvalue weighted by Crippen LogP contribution is -2.15. The molecule has 1 aromatic carbocycles. The van der Waals surface area contributed by atoms with Gasteiger partial charge in [-0.15, -0.1) is 0 Å². The fraction of sp³-hybridized carbons (Fsp3) is 0.533. The second-order valence-electron chi connectivity index (χ2n) is 4.59. The number of rotatable bonds is 7. The monoisotopic (exact) mass is 302 g/mol. The molecule has 0 aromatic heterocycles. The van der Waals surface area contributed by atoms with Crippen molar-refractivity contribution < 1.29 is 9.53 Å². The van der Waals surface area contributed by atoms with Crippen LogP contribution in [0.2, 0.25) is 10.0 Å². The number of hydrogen-bond donors (Lipinski definition) is 0. The van der Waals surface area contributed by atoms with Crippen molar-refractivity contribution >= 4 is 29.2 Å². The summed E-state index contributed by atoms with van der Waals surface area (Å²) in [6, 6.07) is 5.23. The number of ether oxygens (including phenoxy) is 1. The zero-order valence-electron chi connectivity index (χ0n) is 11.4. The molecule has 0 N–H and O–H groups in total. The van der Waals surface area contributed by atoms with Crippen LogP contribution < -0.4 is 0 Å². The SMILES string of the molecule is CCCCCCC(C(=O)OC)c1ccc(Cl)cc1Cl. The number of halogens is 2. The molecule has 2 nitrogen and oxygen atoms in total. The molecule has 0 fully saturated rings. The molecule has 0 aliphatic carbocycles. The average molecular weight is 303 g/mol.